The molecule has 0 unspecified atom stereocenters. The summed E-state index contributed by atoms with van der Waals surface area (Å²) in [5.74, 6) is -0.719. The summed E-state index contributed by atoms with van der Waals surface area (Å²) in [6.45, 7) is 0.880. The molecule has 2 rings (SSSR count). The lowest BCUT2D eigenvalue weighted by Crippen LogP contribution is -2.33. The molecule has 1 fully saturated rings. The van der Waals surface area contributed by atoms with Crippen LogP contribution < -0.4 is 5.32 Å². The molecule has 1 aliphatic heterocycles. The third-order valence-electron chi connectivity index (χ3n) is 2.99. The molecular weight excluding hydrogens is 259 g/mol. The summed E-state index contributed by atoms with van der Waals surface area (Å²) in [4.78, 5) is 11.8. The first kappa shape index (κ1) is 13.9. The predicted octanol–water partition coefficient (Wildman–Crippen LogP) is 2.61. The molecule has 0 spiro atoms. The van der Waals surface area contributed by atoms with E-state index >= 15 is 0 Å². The van der Waals surface area contributed by atoms with E-state index in [1.54, 1.807) is 0 Å². The van der Waals surface area contributed by atoms with Crippen LogP contribution in [-0.4, -0.2) is 25.2 Å². The Kier molecular flexibility index (Phi) is 4.09. The number of hydrogen-bond donors (Lipinski definition) is 1. The van der Waals surface area contributed by atoms with Crippen LogP contribution in [0.25, 0.3) is 0 Å². The Morgan fingerprint density at radius 2 is 2.11 bits per heavy atom. The van der Waals surface area contributed by atoms with Crippen LogP contribution >= 0.6 is 0 Å². The van der Waals surface area contributed by atoms with Crippen LogP contribution in [0.1, 0.15) is 28.8 Å². The van der Waals surface area contributed by atoms with Gasteiger partial charge in [-0.05, 0) is 25.0 Å². The first-order valence-corrected chi connectivity index (χ1v) is 6.04. The zero-order chi connectivity index (χ0) is 13.9. The van der Waals surface area contributed by atoms with E-state index in [2.05, 4.69) is 5.32 Å². The number of amides is 1. The van der Waals surface area contributed by atoms with Gasteiger partial charge in [-0.1, -0.05) is 12.1 Å². The molecule has 19 heavy (non-hydrogen) atoms. The van der Waals surface area contributed by atoms with Crippen LogP contribution in [-0.2, 0) is 10.9 Å². The van der Waals surface area contributed by atoms with E-state index in [9.17, 15) is 18.0 Å². The maximum Gasteiger partial charge on any atom is 0.417 e. The number of nitrogens with one attached hydrogen (secondary N) is 1. The quantitative estimate of drug-likeness (QED) is 0.919. The maximum absolute atomic E-state index is 12.7. The minimum Gasteiger partial charge on any atom is -0.376 e. The van der Waals surface area contributed by atoms with Crippen molar-refractivity contribution in [3.8, 4) is 0 Å². The van der Waals surface area contributed by atoms with Crippen molar-refractivity contribution < 1.29 is 22.7 Å². The van der Waals surface area contributed by atoms with E-state index in [0.29, 0.717) is 6.61 Å². The Bertz CT molecular complexity index is 453. The summed E-state index contributed by atoms with van der Waals surface area (Å²) >= 11 is 0. The second-order valence-corrected chi connectivity index (χ2v) is 4.39. The molecule has 3 nitrogen and oxygen atoms in total. The summed E-state index contributed by atoms with van der Waals surface area (Å²) in [5, 5.41) is 2.49. The first-order valence-electron chi connectivity index (χ1n) is 6.04. The van der Waals surface area contributed by atoms with Gasteiger partial charge in [-0.2, -0.15) is 13.2 Å². The average molecular weight is 273 g/mol. The molecule has 1 N–H and O–H groups in total. The van der Waals surface area contributed by atoms with Gasteiger partial charge < -0.3 is 10.1 Å². The number of hydrogen-bond acceptors (Lipinski definition) is 2. The highest BCUT2D eigenvalue weighted by atomic mass is 19.4. The minimum absolute atomic E-state index is 0.0954. The van der Waals surface area contributed by atoms with Crippen LogP contribution in [0.5, 0.6) is 0 Å². The lowest BCUT2D eigenvalue weighted by Gasteiger charge is -2.14. The normalized spacial score (nSPS) is 19.4. The highest BCUT2D eigenvalue weighted by molar-refractivity contribution is 5.95. The Morgan fingerprint density at radius 3 is 2.74 bits per heavy atom. The molecule has 104 valence electrons. The monoisotopic (exact) mass is 273 g/mol. The summed E-state index contributed by atoms with van der Waals surface area (Å²) in [5.41, 5.74) is -1.27. The summed E-state index contributed by atoms with van der Waals surface area (Å²) < 4.78 is 43.5. The molecule has 1 atom stereocenters. The zero-order valence-electron chi connectivity index (χ0n) is 10.2. The van der Waals surface area contributed by atoms with Gasteiger partial charge in [0.2, 0.25) is 0 Å². The Balaban J connectivity index is 2.06. The molecule has 0 bridgehead atoms. The fourth-order valence-corrected chi connectivity index (χ4v) is 2.04. The van der Waals surface area contributed by atoms with Gasteiger partial charge in [0.05, 0.1) is 17.2 Å². The van der Waals surface area contributed by atoms with Crippen molar-refractivity contribution in [2.45, 2.75) is 25.1 Å². The number of carbonyl (C=O) groups excluding carboxylic acids is 1. The van der Waals surface area contributed by atoms with Crippen molar-refractivity contribution in [1.82, 2.24) is 5.32 Å². The van der Waals surface area contributed by atoms with E-state index in [1.807, 2.05) is 0 Å². The van der Waals surface area contributed by atoms with Crippen LogP contribution in [0.3, 0.4) is 0 Å². The highest BCUT2D eigenvalue weighted by Gasteiger charge is 2.34. The molecule has 6 heteroatoms. The number of rotatable bonds is 3. The highest BCUT2D eigenvalue weighted by Crippen LogP contribution is 2.31. The summed E-state index contributed by atoms with van der Waals surface area (Å²) in [6, 6.07) is 4.75. The predicted molar refractivity (Wildman–Crippen MR) is 62.8 cm³/mol. The van der Waals surface area contributed by atoms with Crippen molar-refractivity contribution in [2.24, 2.45) is 0 Å². The Labute approximate surface area is 108 Å². The van der Waals surface area contributed by atoms with Gasteiger partial charge in [-0.25, -0.2) is 0 Å². The maximum atomic E-state index is 12.7. The van der Waals surface area contributed by atoms with Crippen molar-refractivity contribution in [3.05, 3.63) is 35.4 Å². The number of benzene rings is 1. The fraction of sp³-hybridized carbons (Fsp3) is 0.462. The molecule has 1 aromatic carbocycles. The van der Waals surface area contributed by atoms with Crippen molar-refractivity contribution >= 4 is 5.91 Å². The number of alkyl halides is 3. The second kappa shape index (κ2) is 5.61. The van der Waals surface area contributed by atoms with E-state index in [-0.39, 0.29) is 18.2 Å². The third-order valence-corrected chi connectivity index (χ3v) is 2.99. The van der Waals surface area contributed by atoms with E-state index in [4.69, 9.17) is 4.74 Å². The lowest BCUT2D eigenvalue weighted by molar-refractivity contribution is -0.137. The molecule has 1 aromatic rings. The van der Waals surface area contributed by atoms with Gasteiger partial charge in [0.1, 0.15) is 0 Å². The average Bonchev–Trinajstić information content (AvgIpc) is 2.88. The molecule has 1 aliphatic rings. The first-order chi connectivity index (χ1) is 8.98. The van der Waals surface area contributed by atoms with Crippen molar-refractivity contribution in [1.29, 1.82) is 0 Å². The zero-order valence-corrected chi connectivity index (χ0v) is 10.2. The van der Waals surface area contributed by atoms with Gasteiger partial charge in [0, 0.05) is 13.2 Å². The third kappa shape index (κ3) is 3.47. The summed E-state index contributed by atoms with van der Waals surface area (Å²) in [7, 11) is 0. The van der Waals surface area contributed by atoms with Gasteiger partial charge in [-0.15, -0.1) is 0 Å². The van der Waals surface area contributed by atoms with Gasteiger partial charge in [0.15, 0.2) is 0 Å². The molecule has 0 radical (unpaired) electrons. The molecule has 0 aliphatic carbocycles. The number of ether oxygens (including phenoxy) is 1. The fourth-order valence-electron chi connectivity index (χ4n) is 2.04. The molecule has 0 saturated carbocycles. The standard InChI is InChI=1S/C13H14F3NO2/c14-13(15,16)11-6-2-1-5-10(11)12(18)17-8-9-4-3-7-19-9/h1-2,5-6,9H,3-4,7-8H2,(H,17,18)/t9-/m0/s1. The Morgan fingerprint density at radius 1 is 1.37 bits per heavy atom. The van der Waals surface area contributed by atoms with Crippen LogP contribution in [0.4, 0.5) is 13.2 Å². The SMILES string of the molecule is O=C(NC[C@@H]1CCCO1)c1ccccc1C(F)(F)F. The van der Waals surface area contributed by atoms with Crippen molar-refractivity contribution in [2.75, 3.05) is 13.2 Å². The number of halogens is 3. The summed E-state index contributed by atoms with van der Waals surface area (Å²) in [6.07, 6.45) is -2.89. The van der Waals surface area contributed by atoms with Gasteiger partial charge in [0.25, 0.3) is 5.91 Å². The molecule has 1 heterocycles. The smallest absolute Gasteiger partial charge is 0.376 e. The van der Waals surface area contributed by atoms with E-state index in [0.717, 1.165) is 18.9 Å². The lowest BCUT2D eigenvalue weighted by atomic mass is 10.1. The molecular formula is C13H14F3NO2. The Hall–Kier alpha value is -1.56. The van der Waals surface area contributed by atoms with Crippen molar-refractivity contribution in [3.63, 3.8) is 0 Å². The van der Waals surface area contributed by atoms with Gasteiger partial charge in [-0.3, -0.25) is 4.79 Å². The van der Waals surface area contributed by atoms with Crippen LogP contribution in [0.15, 0.2) is 24.3 Å². The van der Waals surface area contributed by atoms with E-state index in [1.165, 1.54) is 18.2 Å². The topological polar surface area (TPSA) is 38.3 Å². The second-order valence-electron chi connectivity index (χ2n) is 4.39. The number of carbonyl (C=O) groups is 1. The van der Waals surface area contributed by atoms with Crippen LogP contribution in [0.2, 0.25) is 0 Å². The largest absolute Gasteiger partial charge is 0.417 e. The molecule has 0 aromatic heterocycles. The van der Waals surface area contributed by atoms with E-state index < -0.39 is 17.6 Å². The molecule has 1 amide bonds. The minimum atomic E-state index is -4.53. The van der Waals surface area contributed by atoms with Crippen LogP contribution in [0, 0.1) is 0 Å². The van der Waals surface area contributed by atoms with Gasteiger partial charge >= 0.3 is 6.18 Å². The molecule has 1 saturated heterocycles.